The summed E-state index contributed by atoms with van der Waals surface area (Å²) in [5.41, 5.74) is 2.84. The monoisotopic (exact) mass is 463 g/mol. The van der Waals surface area contributed by atoms with Crippen LogP contribution in [0.25, 0.3) is 11.1 Å². The Balaban J connectivity index is 1.65. The van der Waals surface area contributed by atoms with Crippen molar-refractivity contribution in [2.45, 2.75) is 32.5 Å². The van der Waals surface area contributed by atoms with Crippen LogP contribution in [-0.2, 0) is 6.54 Å². The molecule has 1 aliphatic rings. The third kappa shape index (κ3) is 5.35. The third-order valence-electron chi connectivity index (χ3n) is 5.97. The van der Waals surface area contributed by atoms with E-state index in [-0.39, 0.29) is 36.5 Å². The summed E-state index contributed by atoms with van der Waals surface area (Å²) >= 11 is 0. The van der Waals surface area contributed by atoms with Gasteiger partial charge in [-0.1, -0.05) is 6.92 Å². The molecule has 1 N–H and O–H groups in total. The van der Waals surface area contributed by atoms with E-state index < -0.39 is 0 Å². The number of rotatable bonds is 7. The zero-order valence-electron chi connectivity index (χ0n) is 19.6. The Bertz CT molecular complexity index is 1100. The summed E-state index contributed by atoms with van der Waals surface area (Å²) < 4.78 is 6.36. The van der Waals surface area contributed by atoms with Crippen molar-refractivity contribution < 1.29 is 14.6 Å². The average molecular weight is 464 g/mol. The lowest BCUT2D eigenvalue weighted by molar-refractivity contribution is 0.0325. The van der Waals surface area contributed by atoms with Crippen molar-refractivity contribution in [1.82, 2.24) is 34.7 Å². The van der Waals surface area contributed by atoms with Crippen LogP contribution in [0.15, 0.2) is 49.7 Å². The summed E-state index contributed by atoms with van der Waals surface area (Å²) in [4.78, 5) is 38.2. The second-order valence-electron chi connectivity index (χ2n) is 8.77. The smallest absolute Gasteiger partial charge is 0.259 e. The molecule has 34 heavy (non-hydrogen) atoms. The molecular weight excluding hydrogens is 434 g/mol. The van der Waals surface area contributed by atoms with Crippen molar-refractivity contribution in [3.63, 3.8) is 0 Å². The minimum absolute atomic E-state index is 0.00423. The first kappa shape index (κ1) is 23.7. The fraction of sp³-hybridized carbons (Fsp3) is 0.417. The molecule has 3 atom stereocenters. The summed E-state index contributed by atoms with van der Waals surface area (Å²) in [6.07, 6.45) is 11.3. The molecule has 4 heterocycles. The minimum atomic E-state index is -0.343. The number of aliphatic hydroxyl groups is 1. The number of likely N-dealkylation sites (N-methyl/N-ethyl adjacent to an activating group) is 1. The van der Waals surface area contributed by atoms with E-state index in [1.807, 2.05) is 14.0 Å². The zero-order chi connectivity index (χ0) is 24.1. The first-order valence-electron chi connectivity index (χ1n) is 11.2. The van der Waals surface area contributed by atoms with Crippen LogP contribution in [0.3, 0.4) is 0 Å². The molecule has 3 aromatic rings. The molecule has 0 aromatic carbocycles. The highest BCUT2D eigenvalue weighted by atomic mass is 16.5. The van der Waals surface area contributed by atoms with Gasteiger partial charge >= 0.3 is 0 Å². The van der Waals surface area contributed by atoms with Crippen LogP contribution in [-0.4, -0.2) is 84.6 Å². The van der Waals surface area contributed by atoms with Gasteiger partial charge in [-0.3, -0.25) is 9.69 Å². The fourth-order valence-electron chi connectivity index (χ4n) is 4.02. The van der Waals surface area contributed by atoms with E-state index in [0.717, 1.165) is 16.7 Å². The Morgan fingerprint density at radius 1 is 1.12 bits per heavy atom. The van der Waals surface area contributed by atoms with Crippen LogP contribution in [0.5, 0.6) is 5.88 Å². The molecule has 0 bridgehead atoms. The summed E-state index contributed by atoms with van der Waals surface area (Å²) in [6, 6.07) is 1.42. The van der Waals surface area contributed by atoms with Crippen LogP contribution < -0.4 is 4.74 Å². The summed E-state index contributed by atoms with van der Waals surface area (Å²) in [6.45, 7) is 5.48. The molecule has 178 valence electrons. The Morgan fingerprint density at radius 3 is 2.47 bits per heavy atom. The first-order chi connectivity index (χ1) is 16.5. The lowest BCUT2D eigenvalue weighted by atomic mass is 9.99. The maximum absolute atomic E-state index is 13.5. The lowest BCUT2D eigenvalue weighted by Gasteiger charge is -2.37. The van der Waals surface area contributed by atoms with E-state index in [4.69, 9.17) is 4.74 Å². The minimum Gasteiger partial charge on any atom is -0.472 e. The van der Waals surface area contributed by atoms with Gasteiger partial charge in [-0.25, -0.2) is 24.9 Å². The number of pyridine rings is 1. The van der Waals surface area contributed by atoms with E-state index in [0.29, 0.717) is 25.2 Å². The molecule has 3 aromatic heterocycles. The second-order valence-corrected chi connectivity index (χ2v) is 8.77. The van der Waals surface area contributed by atoms with Gasteiger partial charge in [-0.2, -0.15) is 0 Å². The fourth-order valence-corrected chi connectivity index (χ4v) is 4.02. The number of ether oxygens (including phenoxy) is 1. The Labute approximate surface area is 198 Å². The highest BCUT2D eigenvalue weighted by molar-refractivity contribution is 5.98. The van der Waals surface area contributed by atoms with Crippen molar-refractivity contribution in [2.24, 2.45) is 5.92 Å². The number of nitrogens with zero attached hydrogens (tertiary/aromatic N) is 7. The molecule has 0 aliphatic carbocycles. The molecule has 0 radical (unpaired) electrons. The number of aromatic nitrogens is 5. The van der Waals surface area contributed by atoms with Crippen molar-refractivity contribution in [3.05, 3.63) is 60.8 Å². The molecule has 1 aliphatic heterocycles. The van der Waals surface area contributed by atoms with E-state index >= 15 is 0 Å². The molecule has 0 fully saturated rings. The first-order valence-corrected chi connectivity index (χ1v) is 11.2. The van der Waals surface area contributed by atoms with Gasteiger partial charge in [0, 0.05) is 73.2 Å². The number of carbonyl (C=O) groups is 1. The standard InChI is InChI=1S/C24H29N7O3/c1-16-10-31(17(2)13-32)24(33)21-4-19(20-7-27-15-28-8-20)9-29-23(21)34-22(16)12-30(3)11-18-5-25-14-26-6-18/h4-9,14-17,22,32H,10-13H2,1-3H3/t16-,17-,22+/m0/s1. The van der Waals surface area contributed by atoms with Gasteiger partial charge < -0.3 is 14.7 Å². The summed E-state index contributed by atoms with van der Waals surface area (Å²) in [7, 11) is 2.01. The van der Waals surface area contributed by atoms with Crippen molar-refractivity contribution in [2.75, 3.05) is 26.7 Å². The van der Waals surface area contributed by atoms with Crippen LogP contribution in [0.4, 0.5) is 0 Å². The van der Waals surface area contributed by atoms with E-state index in [1.165, 1.54) is 12.7 Å². The SMILES string of the molecule is C[C@H]1CN([C@@H](C)CO)C(=O)c2cc(-c3cncnc3)cnc2O[C@@H]1CN(C)Cc1cncnc1. The summed E-state index contributed by atoms with van der Waals surface area (Å²) in [5.74, 6) is 0.0705. The molecule has 0 saturated carbocycles. The molecule has 10 nitrogen and oxygen atoms in total. The molecule has 0 saturated heterocycles. The Morgan fingerprint density at radius 2 is 1.79 bits per heavy atom. The largest absolute Gasteiger partial charge is 0.472 e. The number of carbonyl (C=O) groups excluding carboxylic acids is 1. The average Bonchev–Trinajstić information content (AvgIpc) is 2.86. The van der Waals surface area contributed by atoms with Gasteiger partial charge in [0.05, 0.1) is 12.6 Å². The normalized spacial score (nSPS) is 19.2. The molecule has 0 spiro atoms. The highest BCUT2D eigenvalue weighted by Crippen LogP contribution is 2.30. The van der Waals surface area contributed by atoms with Crippen LogP contribution in [0.1, 0.15) is 29.8 Å². The van der Waals surface area contributed by atoms with Gasteiger partial charge in [0.2, 0.25) is 5.88 Å². The predicted octanol–water partition coefficient (Wildman–Crippen LogP) is 1.68. The number of aliphatic hydroxyl groups excluding tert-OH is 1. The van der Waals surface area contributed by atoms with Crippen LogP contribution in [0, 0.1) is 5.92 Å². The Kier molecular flexibility index (Phi) is 7.39. The highest BCUT2D eigenvalue weighted by Gasteiger charge is 2.34. The van der Waals surface area contributed by atoms with Crippen molar-refractivity contribution in [3.8, 4) is 17.0 Å². The molecule has 1 amide bonds. The molecular formula is C24H29N7O3. The number of fused-ring (bicyclic) bond motifs is 1. The molecule has 0 unspecified atom stereocenters. The molecule has 4 rings (SSSR count). The molecule has 10 heteroatoms. The van der Waals surface area contributed by atoms with E-state index in [9.17, 15) is 9.90 Å². The maximum atomic E-state index is 13.5. The Hall–Kier alpha value is -3.50. The van der Waals surface area contributed by atoms with E-state index in [1.54, 1.807) is 42.0 Å². The van der Waals surface area contributed by atoms with Crippen molar-refractivity contribution >= 4 is 5.91 Å². The zero-order valence-corrected chi connectivity index (χ0v) is 19.6. The van der Waals surface area contributed by atoms with Gasteiger partial charge in [0.1, 0.15) is 24.3 Å². The number of amides is 1. The lowest BCUT2D eigenvalue weighted by Crippen LogP contribution is -2.49. The topological polar surface area (TPSA) is 117 Å². The number of hydrogen-bond donors (Lipinski definition) is 1. The van der Waals surface area contributed by atoms with E-state index in [2.05, 4.69) is 36.7 Å². The van der Waals surface area contributed by atoms with Gasteiger partial charge in [-0.05, 0) is 20.0 Å². The maximum Gasteiger partial charge on any atom is 0.259 e. The van der Waals surface area contributed by atoms with Crippen LogP contribution in [0.2, 0.25) is 0 Å². The predicted molar refractivity (Wildman–Crippen MR) is 125 cm³/mol. The summed E-state index contributed by atoms with van der Waals surface area (Å²) in [5, 5.41) is 9.83. The second kappa shape index (κ2) is 10.6. The van der Waals surface area contributed by atoms with Gasteiger partial charge in [-0.15, -0.1) is 0 Å². The third-order valence-corrected chi connectivity index (χ3v) is 5.97. The quantitative estimate of drug-likeness (QED) is 0.558. The van der Waals surface area contributed by atoms with Crippen molar-refractivity contribution in [1.29, 1.82) is 0 Å². The van der Waals surface area contributed by atoms with Crippen LogP contribution >= 0.6 is 0 Å². The van der Waals surface area contributed by atoms with Gasteiger partial charge in [0.15, 0.2) is 0 Å². The number of hydrogen-bond acceptors (Lipinski definition) is 9. The van der Waals surface area contributed by atoms with Gasteiger partial charge in [0.25, 0.3) is 5.91 Å².